The van der Waals surface area contributed by atoms with Crippen molar-refractivity contribution < 1.29 is 0 Å². The van der Waals surface area contributed by atoms with Gasteiger partial charge in [0, 0.05) is 24.0 Å². The van der Waals surface area contributed by atoms with Crippen LogP contribution in [0.2, 0.25) is 0 Å². The van der Waals surface area contributed by atoms with E-state index in [0.29, 0.717) is 0 Å². The van der Waals surface area contributed by atoms with Gasteiger partial charge in [-0.25, -0.2) is 4.98 Å². The highest BCUT2D eigenvalue weighted by atomic mass is 15.1. The SMILES string of the molecule is C=C(C)c1cc2c3c(c1)nc(-c1cc4ccccc4n1CC1CC1)n3CCC2. The molecule has 0 atom stereocenters. The summed E-state index contributed by atoms with van der Waals surface area (Å²) in [4.78, 5) is 5.18. The number of allylic oxidation sites excluding steroid dienone is 1. The first-order valence-corrected chi connectivity index (χ1v) is 10.5. The topological polar surface area (TPSA) is 22.8 Å². The summed E-state index contributed by atoms with van der Waals surface area (Å²) in [6.07, 6.45) is 5.02. The van der Waals surface area contributed by atoms with Gasteiger partial charge in [-0.3, -0.25) is 0 Å². The van der Waals surface area contributed by atoms with Crippen LogP contribution in [0.1, 0.15) is 37.3 Å². The molecule has 0 unspecified atom stereocenters. The lowest BCUT2D eigenvalue weighted by molar-refractivity contribution is 0.621. The lowest BCUT2D eigenvalue weighted by Crippen LogP contribution is -2.11. The maximum absolute atomic E-state index is 5.18. The molecule has 1 saturated carbocycles. The van der Waals surface area contributed by atoms with E-state index in [2.05, 4.69) is 65.1 Å². The summed E-state index contributed by atoms with van der Waals surface area (Å²) in [5.41, 5.74) is 8.81. The van der Waals surface area contributed by atoms with Gasteiger partial charge in [-0.05, 0) is 73.9 Å². The number of rotatable bonds is 4. The minimum absolute atomic E-state index is 0.825. The number of aryl methyl sites for hydroxylation is 2. The van der Waals surface area contributed by atoms with Crippen LogP contribution >= 0.6 is 0 Å². The van der Waals surface area contributed by atoms with Gasteiger partial charge in [-0.15, -0.1) is 0 Å². The van der Waals surface area contributed by atoms with Crippen molar-refractivity contribution in [2.75, 3.05) is 0 Å². The number of para-hydroxylation sites is 1. The zero-order chi connectivity index (χ0) is 18.8. The van der Waals surface area contributed by atoms with Crippen LogP contribution in [0.25, 0.3) is 39.0 Å². The molecule has 28 heavy (non-hydrogen) atoms. The average Bonchev–Trinajstić information content (AvgIpc) is 3.35. The van der Waals surface area contributed by atoms with Crippen molar-refractivity contribution in [1.29, 1.82) is 0 Å². The van der Waals surface area contributed by atoms with Crippen molar-refractivity contribution in [3.63, 3.8) is 0 Å². The standard InChI is InChI=1S/C25H25N3/c1-16(2)20-12-19-7-5-11-27-24(19)21(13-20)26-25(27)23-14-18-6-3-4-8-22(18)28(23)15-17-9-10-17/h3-4,6,8,12-14,17H,1,5,7,9-11,15H2,2H3. The summed E-state index contributed by atoms with van der Waals surface area (Å²) in [6.45, 7) is 8.40. The molecule has 6 rings (SSSR count). The highest BCUT2D eigenvalue weighted by Gasteiger charge is 2.27. The third kappa shape index (κ3) is 2.39. The lowest BCUT2D eigenvalue weighted by atomic mass is 9.99. The average molecular weight is 367 g/mol. The van der Waals surface area contributed by atoms with E-state index < -0.39 is 0 Å². The smallest absolute Gasteiger partial charge is 0.157 e. The fourth-order valence-electron chi connectivity index (χ4n) is 4.78. The van der Waals surface area contributed by atoms with Gasteiger partial charge in [0.2, 0.25) is 0 Å². The van der Waals surface area contributed by atoms with E-state index in [1.165, 1.54) is 52.5 Å². The van der Waals surface area contributed by atoms with Gasteiger partial charge in [-0.2, -0.15) is 0 Å². The lowest BCUT2D eigenvalue weighted by Gasteiger charge is -2.18. The summed E-state index contributed by atoms with van der Waals surface area (Å²) in [5.74, 6) is 1.96. The Balaban J connectivity index is 1.63. The van der Waals surface area contributed by atoms with E-state index in [1.54, 1.807) is 0 Å². The monoisotopic (exact) mass is 367 g/mol. The van der Waals surface area contributed by atoms with Crippen LogP contribution in [0.5, 0.6) is 0 Å². The number of aromatic nitrogens is 3. The molecular formula is C25H25N3. The van der Waals surface area contributed by atoms with Crippen LogP contribution in [-0.4, -0.2) is 14.1 Å². The maximum atomic E-state index is 5.18. The molecule has 2 aliphatic rings. The Morgan fingerprint density at radius 1 is 1.18 bits per heavy atom. The molecular weight excluding hydrogens is 342 g/mol. The van der Waals surface area contributed by atoms with E-state index in [0.717, 1.165) is 42.3 Å². The number of nitrogens with zero attached hydrogens (tertiary/aromatic N) is 3. The molecule has 1 aliphatic carbocycles. The van der Waals surface area contributed by atoms with Crippen LogP contribution in [0.4, 0.5) is 0 Å². The molecule has 0 saturated heterocycles. The second-order valence-corrected chi connectivity index (χ2v) is 8.62. The van der Waals surface area contributed by atoms with Gasteiger partial charge < -0.3 is 9.13 Å². The number of hydrogen-bond donors (Lipinski definition) is 0. The van der Waals surface area contributed by atoms with Crippen LogP contribution < -0.4 is 0 Å². The van der Waals surface area contributed by atoms with Crippen molar-refractivity contribution in [3.8, 4) is 11.5 Å². The van der Waals surface area contributed by atoms with Crippen LogP contribution in [0.15, 0.2) is 49.0 Å². The molecule has 3 heteroatoms. The zero-order valence-corrected chi connectivity index (χ0v) is 16.4. The van der Waals surface area contributed by atoms with Crippen molar-refractivity contribution in [1.82, 2.24) is 14.1 Å². The molecule has 3 nitrogen and oxygen atoms in total. The van der Waals surface area contributed by atoms with Crippen molar-refractivity contribution >= 4 is 27.5 Å². The molecule has 140 valence electrons. The van der Waals surface area contributed by atoms with Gasteiger partial charge >= 0.3 is 0 Å². The second-order valence-electron chi connectivity index (χ2n) is 8.62. The summed E-state index contributed by atoms with van der Waals surface area (Å²) in [7, 11) is 0. The normalized spacial score (nSPS) is 16.2. The van der Waals surface area contributed by atoms with E-state index >= 15 is 0 Å². The van der Waals surface area contributed by atoms with Gasteiger partial charge in [-0.1, -0.05) is 30.4 Å². The summed E-state index contributed by atoms with van der Waals surface area (Å²) >= 11 is 0. The Kier molecular flexibility index (Phi) is 3.37. The maximum Gasteiger partial charge on any atom is 0.157 e. The Bertz CT molecular complexity index is 1250. The van der Waals surface area contributed by atoms with Gasteiger partial charge in [0.25, 0.3) is 0 Å². The molecule has 4 aromatic rings. The predicted octanol–water partition coefficient (Wildman–Crippen LogP) is 6.05. The second kappa shape index (κ2) is 5.84. The zero-order valence-electron chi connectivity index (χ0n) is 16.4. The largest absolute Gasteiger partial charge is 0.338 e. The molecule has 0 radical (unpaired) electrons. The highest BCUT2D eigenvalue weighted by molar-refractivity contribution is 5.90. The Hall–Kier alpha value is -2.81. The Morgan fingerprint density at radius 2 is 2.04 bits per heavy atom. The molecule has 0 N–H and O–H groups in total. The first-order chi connectivity index (χ1) is 13.7. The van der Waals surface area contributed by atoms with Gasteiger partial charge in [0.05, 0.1) is 16.7 Å². The predicted molar refractivity (Wildman–Crippen MR) is 116 cm³/mol. The third-order valence-corrected chi connectivity index (χ3v) is 6.42. The third-order valence-electron chi connectivity index (χ3n) is 6.42. The highest BCUT2D eigenvalue weighted by Crippen LogP contribution is 2.38. The number of fused-ring (bicyclic) bond motifs is 1. The first kappa shape index (κ1) is 16.2. The van der Waals surface area contributed by atoms with E-state index in [-0.39, 0.29) is 0 Å². The van der Waals surface area contributed by atoms with Gasteiger partial charge in [0.15, 0.2) is 5.82 Å². The Morgan fingerprint density at radius 3 is 2.86 bits per heavy atom. The number of hydrogen-bond acceptors (Lipinski definition) is 1. The van der Waals surface area contributed by atoms with Crippen LogP contribution in [0, 0.1) is 5.92 Å². The molecule has 1 fully saturated rings. The van der Waals surface area contributed by atoms with Crippen molar-refractivity contribution in [2.45, 2.75) is 45.7 Å². The molecule has 0 spiro atoms. The molecule has 0 amide bonds. The van der Waals surface area contributed by atoms with Crippen molar-refractivity contribution in [3.05, 3.63) is 60.2 Å². The van der Waals surface area contributed by atoms with Crippen molar-refractivity contribution in [2.24, 2.45) is 5.92 Å². The fraction of sp³-hybridized carbons (Fsp3) is 0.320. The summed E-state index contributed by atoms with van der Waals surface area (Å²) < 4.78 is 4.99. The van der Waals surface area contributed by atoms with E-state index in [4.69, 9.17) is 4.98 Å². The van der Waals surface area contributed by atoms with E-state index in [1.807, 2.05) is 0 Å². The van der Waals surface area contributed by atoms with Crippen LogP contribution in [0.3, 0.4) is 0 Å². The minimum Gasteiger partial charge on any atom is -0.338 e. The molecule has 2 aromatic heterocycles. The van der Waals surface area contributed by atoms with Crippen LogP contribution in [-0.2, 0) is 19.5 Å². The summed E-state index contributed by atoms with van der Waals surface area (Å²) in [6, 6.07) is 15.7. The Labute approximate surface area is 165 Å². The molecule has 2 aromatic carbocycles. The number of imidazole rings is 1. The van der Waals surface area contributed by atoms with Gasteiger partial charge in [0.1, 0.15) is 0 Å². The quantitative estimate of drug-likeness (QED) is 0.431. The molecule has 1 aliphatic heterocycles. The number of benzene rings is 2. The van der Waals surface area contributed by atoms with E-state index in [9.17, 15) is 0 Å². The first-order valence-electron chi connectivity index (χ1n) is 10.5. The fourth-order valence-corrected chi connectivity index (χ4v) is 4.78. The minimum atomic E-state index is 0.825. The molecule has 0 bridgehead atoms. The molecule has 3 heterocycles. The summed E-state index contributed by atoms with van der Waals surface area (Å²) in [5, 5.41) is 1.32.